The first-order chi connectivity index (χ1) is 30.0. The summed E-state index contributed by atoms with van der Waals surface area (Å²) in [7, 11) is 0. The number of hydrogen-bond donors (Lipinski definition) is 0. The van der Waals surface area contributed by atoms with Gasteiger partial charge in [-0.25, -0.2) is 0 Å². The molecule has 2 aliphatic carbocycles. The highest BCUT2D eigenvalue weighted by Gasteiger charge is 2.46. The average molecular weight is 782 g/mol. The van der Waals surface area contributed by atoms with Crippen molar-refractivity contribution >= 4 is 60.9 Å². The smallest absolute Gasteiger partial charge is 0.135 e. The van der Waals surface area contributed by atoms with Crippen molar-refractivity contribution in [1.29, 1.82) is 0 Å². The van der Waals surface area contributed by atoms with E-state index in [-0.39, 0.29) is 5.41 Å². The first-order valence-electron chi connectivity index (χ1n) is 21.2. The van der Waals surface area contributed by atoms with Gasteiger partial charge in [-0.15, -0.1) is 0 Å². The Morgan fingerprint density at radius 3 is 1.57 bits per heavy atom. The number of para-hydroxylation sites is 1. The monoisotopic (exact) mass is 781 g/mol. The van der Waals surface area contributed by atoms with Crippen LogP contribution in [-0.4, -0.2) is 0 Å². The molecule has 0 unspecified atom stereocenters. The minimum Gasteiger partial charge on any atom is -0.456 e. The van der Waals surface area contributed by atoms with Gasteiger partial charge in [0.25, 0.3) is 0 Å². The highest BCUT2D eigenvalue weighted by molar-refractivity contribution is 6.09. The van der Waals surface area contributed by atoms with Crippen molar-refractivity contribution in [2.24, 2.45) is 0 Å². The van der Waals surface area contributed by atoms with Crippen LogP contribution in [-0.2, 0) is 10.8 Å². The van der Waals surface area contributed by atoms with E-state index in [1.54, 1.807) is 0 Å². The van der Waals surface area contributed by atoms with E-state index in [9.17, 15) is 0 Å². The fourth-order valence-electron chi connectivity index (χ4n) is 11.1. The van der Waals surface area contributed by atoms with Crippen molar-refractivity contribution in [2.45, 2.75) is 24.7 Å². The lowest BCUT2D eigenvalue weighted by molar-refractivity contribution is 0.660. The highest BCUT2D eigenvalue weighted by Crippen LogP contribution is 2.57. The van der Waals surface area contributed by atoms with Crippen molar-refractivity contribution in [3.8, 4) is 22.3 Å². The fourth-order valence-corrected chi connectivity index (χ4v) is 11.1. The van der Waals surface area contributed by atoms with Crippen molar-refractivity contribution in [3.05, 3.63) is 234 Å². The van der Waals surface area contributed by atoms with Crippen LogP contribution in [0.3, 0.4) is 0 Å². The zero-order valence-electron chi connectivity index (χ0n) is 33.8. The lowest BCUT2D eigenvalue weighted by Gasteiger charge is -2.33. The predicted octanol–water partition coefficient (Wildman–Crippen LogP) is 15.6. The summed E-state index contributed by atoms with van der Waals surface area (Å²) in [6.45, 7) is 4.72. The van der Waals surface area contributed by atoms with Gasteiger partial charge in [0.05, 0.1) is 11.1 Å². The molecule has 2 heterocycles. The van der Waals surface area contributed by atoms with E-state index in [4.69, 9.17) is 8.83 Å². The summed E-state index contributed by atoms with van der Waals surface area (Å²) >= 11 is 0. The van der Waals surface area contributed by atoms with Crippen LogP contribution in [0.25, 0.3) is 66.1 Å². The van der Waals surface area contributed by atoms with Crippen LogP contribution in [0.5, 0.6) is 0 Å². The standard InChI is InChI=1S/C58H39NO2/c1-57(2)48-22-10-6-19-42(48)45-21-14-25-51(56(45)57)59(38-28-31-53-46(34-38)43-20-9-13-26-52(43)60-53)39-29-32-54-47(35-39)44-30-27-37(33-55(44)61-54)58(36-15-4-3-5-16-36)49-23-11-7-17-40(49)41-18-8-12-24-50(41)58/h3-35H,1-2H3. The summed E-state index contributed by atoms with van der Waals surface area (Å²) in [4.78, 5) is 2.44. The zero-order valence-corrected chi connectivity index (χ0v) is 33.8. The van der Waals surface area contributed by atoms with Gasteiger partial charge in [0.2, 0.25) is 0 Å². The van der Waals surface area contributed by atoms with Crippen LogP contribution >= 0.6 is 0 Å². The molecule has 0 atom stereocenters. The Morgan fingerprint density at radius 1 is 0.361 bits per heavy atom. The molecule has 0 amide bonds. The molecule has 0 aliphatic heterocycles. The largest absolute Gasteiger partial charge is 0.456 e. The molecule has 0 fully saturated rings. The van der Waals surface area contributed by atoms with Gasteiger partial charge in [0.15, 0.2) is 0 Å². The second kappa shape index (κ2) is 12.5. The average Bonchev–Trinajstić information content (AvgIpc) is 4.02. The maximum atomic E-state index is 6.87. The van der Waals surface area contributed by atoms with E-state index in [1.807, 2.05) is 12.1 Å². The number of fused-ring (bicyclic) bond motifs is 12. The Balaban J connectivity index is 1.03. The Labute approximate surface area is 353 Å². The molecule has 13 rings (SSSR count). The third-order valence-corrected chi connectivity index (χ3v) is 13.7. The lowest BCUT2D eigenvalue weighted by Crippen LogP contribution is -2.28. The summed E-state index contributed by atoms with van der Waals surface area (Å²) in [5, 5.41) is 4.37. The molecule has 288 valence electrons. The third kappa shape index (κ3) is 4.63. The maximum Gasteiger partial charge on any atom is 0.135 e. The van der Waals surface area contributed by atoms with Crippen LogP contribution in [0.2, 0.25) is 0 Å². The molecule has 0 bridgehead atoms. The maximum absolute atomic E-state index is 6.87. The predicted molar refractivity (Wildman–Crippen MR) is 251 cm³/mol. The van der Waals surface area contributed by atoms with Gasteiger partial charge in [-0.1, -0.05) is 159 Å². The second-order valence-electron chi connectivity index (χ2n) is 17.2. The molecule has 3 nitrogen and oxygen atoms in total. The minimum atomic E-state index is -0.502. The number of anilines is 3. The van der Waals surface area contributed by atoms with Crippen molar-refractivity contribution < 1.29 is 8.83 Å². The molecule has 3 heteroatoms. The molecular weight excluding hydrogens is 743 g/mol. The number of nitrogens with zero attached hydrogens (tertiary/aromatic N) is 1. The van der Waals surface area contributed by atoms with Crippen LogP contribution in [0.15, 0.2) is 209 Å². The number of furan rings is 2. The topological polar surface area (TPSA) is 29.5 Å². The number of benzene rings is 9. The Kier molecular flexibility index (Phi) is 6.99. The van der Waals surface area contributed by atoms with Gasteiger partial charge < -0.3 is 13.7 Å². The Morgan fingerprint density at radius 2 is 0.885 bits per heavy atom. The second-order valence-corrected chi connectivity index (χ2v) is 17.2. The van der Waals surface area contributed by atoms with Crippen molar-refractivity contribution in [3.63, 3.8) is 0 Å². The molecule has 0 radical (unpaired) electrons. The van der Waals surface area contributed by atoms with E-state index in [0.717, 1.165) is 60.9 Å². The third-order valence-electron chi connectivity index (χ3n) is 13.7. The van der Waals surface area contributed by atoms with E-state index >= 15 is 0 Å². The van der Waals surface area contributed by atoms with Crippen LogP contribution < -0.4 is 4.90 Å². The Hall–Kier alpha value is -7.62. The van der Waals surface area contributed by atoms with Crippen molar-refractivity contribution in [2.75, 3.05) is 4.90 Å². The molecule has 11 aromatic rings. The molecule has 2 aromatic heterocycles. The first-order valence-corrected chi connectivity index (χ1v) is 21.2. The van der Waals surface area contributed by atoms with Crippen LogP contribution in [0.4, 0.5) is 17.1 Å². The molecule has 0 spiro atoms. The van der Waals surface area contributed by atoms with Gasteiger partial charge >= 0.3 is 0 Å². The molecule has 0 N–H and O–H groups in total. The highest BCUT2D eigenvalue weighted by atomic mass is 16.3. The molecule has 0 saturated heterocycles. The summed E-state index contributed by atoms with van der Waals surface area (Å²) < 4.78 is 13.2. The summed E-state index contributed by atoms with van der Waals surface area (Å²) in [6, 6.07) is 72.9. The van der Waals surface area contributed by atoms with E-state index < -0.39 is 5.41 Å². The molecule has 9 aromatic carbocycles. The molecule has 2 aliphatic rings. The van der Waals surface area contributed by atoms with Crippen LogP contribution in [0.1, 0.15) is 47.2 Å². The molecular formula is C58H39NO2. The number of rotatable bonds is 5. The van der Waals surface area contributed by atoms with E-state index in [2.05, 4.69) is 207 Å². The molecule has 0 saturated carbocycles. The minimum absolute atomic E-state index is 0.220. The first kappa shape index (κ1) is 34.3. The fraction of sp³-hybridized carbons (Fsp3) is 0.0690. The summed E-state index contributed by atoms with van der Waals surface area (Å²) in [5.41, 5.74) is 18.9. The quantitative estimate of drug-likeness (QED) is 0.174. The van der Waals surface area contributed by atoms with Gasteiger partial charge in [0, 0.05) is 38.3 Å². The van der Waals surface area contributed by atoms with E-state index in [1.165, 1.54) is 55.6 Å². The summed E-state index contributed by atoms with van der Waals surface area (Å²) in [6.07, 6.45) is 0. The summed E-state index contributed by atoms with van der Waals surface area (Å²) in [5.74, 6) is 0. The van der Waals surface area contributed by atoms with Crippen molar-refractivity contribution in [1.82, 2.24) is 0 Å². The van der Waals surface area contributed by atoms with E-state index in [0.29, 0.717) is 0 Å². The van der Waals surface area contributed by atoms with Gasteiger partial charge in [-0.3, -0.25) is 0 Å². The van der Waals surface area contributed by atoms with Gasteiger partial charge in [-0.2, -0.15) is 0 Å². The van der Waals surface area contributed by atoms with Crippen LogP contribution in [0, 0.1) is 0 Å². The zero-order chi connectivity index (χ0) is 40.5. The number of hydrogen-bond acceptors (Lipinski definition) is 3. The normalized spacial score (nSPS) is 14.3. The Bertz CT molecular complexity index is 3540. The van der Waals surface area contributed by atoms with Gasteiger partial charge in [0.1, 0.15) is 22.3 Å². The molecule has 61 heavy (non-hydrogen) atoms. The van der Waals surface area contributed by atoms with Gasteiger partial charge in [-0.05, 0) is 110 Å². The lowest BCUT2D eigenvalue weighted by atomic mass is 9.67. The SMILES string of the molecule is CC1(C)c2ccccc2-c2cccc(N(c3ccc4oc5ccccc5c4c3)c3ccc4oc5cc(C6(c7ccccc7)c7ccccc7-c7ccccc76)ccc5c4c3)c21.